The summed E-state index contributed by atoms with van der Waals surface area (Å²) in [5.74, 6) is -0.973. The van der Waals surface area contributed by atoms with Gasteiger partial charge in [-0.05, 0) is 62.2 Å². The summed E-state index contributed by atoms with van der Waals surface area (Å²) >= 11 is 0. The average molecular weight is 414 g/mol. The number of halogens is 2. The summed E-state index contributed by atoms with van der Waals surface area (Å²) < 4.78 is 28.2. The van der Waals surface area contributed by atoms with E-state index in [1.54, 1.807) is 10.6 Å². The molecule has 0 saturated carbocycles. The predicted molar refractivity (Wildman–Crippen MR) is 111 cm³/mol. The lowest BCUT2D eigenvalue weighted by Gasteiger charge is -2.34. The zero-order chi connectivity index (χ0) is 21.3. The van der Waals surface area contributed by atoms with Crippen molar-refractivity contribution in [1.82, 2.24) is 19.8 Å². The third-order valence-electron chi connectivity index (χ3n) is 5.62. The Morgan fingerprint density at radius 3 is 2.50 bits per heavy atom. The predicted octanol–water partition coefficient (Wildman–Crippen LogP) is 3.06. The van der Waals surface area contributed by atoms with Crippen molar-refractivity contribution in [2.75, 3.05) is 19.6 Å². The van der Waals surface area contributed by atoms with Gasteiger partial charge in [0, 0.05) is 37.3 Å². The first-order valence-electron chi connectivity index (χ1n) is 10.1. The fourth-order valence-electron chi connectivity index (χ4n) is 4.17. The number of nitrogens with one attached hydrogen (secondary N) is 2. The SMILES string of the molecule is CC(CN1CCC(n2c(=O)[nH]c3cc(F)ccc32)CC1)NC(=O)c1ccc(F)cc1. The monoisotopic (exact) mass is 414 g/mol. The van der Waals surface area contributed by atoms with E-state index in [0.717, 1.165) is 31.4 Å². The molecule has 30 heavy (non-hydrogen) atoms. The number of likely N-dealkylation sites (tertiary alicyclic amines) is 1. The van der Waals surface area contributed by atoms with Crippen LogP contribution in [0.1, 0.15) is 36.2 Å². The summed E-state index contributed by atoms with van der Waals surface area (Å²) in [5, 5.41) is 2.94. The molecule has 1 fully saturated rings. The van der Waals surface area contributed by atoms with Gasteiger partial charge in [-0.2, -0.15) is 0 Å². The number of carbonyl (C=O) groups is 1. The lowest BCUT2D eigenvalue weighted by atomic mass is 10.0. The Kier molecular flexibility index (Phi) is 5.67. The molecule has 1 aromatic heterocycles. The molecule has 158 valence electrons. The third-order valence-corrected chi connectivity index (χ3v) is 5.62. The van der Waals surface area contributed by atoms with E-state index >= 15 is 0 Å². The highest BCUT2D eigenvalue weighted by Crippen LogP contribution is 2.25. The largest absolute Gasteiger partial charge is 0.348 e. The van der Waals surface area contributed by atoms with Crippen LogP contribution in [0.5, 0.6) is 0 Å². The first-order valence-corrected chi connectivity index (χ1v) is 10.1. The number of piperidine rings is 1. The third kappa shape index (κ3) is 4.28. The van der Waals surface area contributed by atoms with Crippen LogP contribution in [0, 0.1) is 11.6 Å². The molecule has 0 bridgehead atoms. The number of nitrogens with zero attached hydrogens (tertiary/aromatic N) is 2. The Bertz CT molecular complexity index is 1100. The number of rotatable bonds is 5. The van der Waals surface area contributed by atoms with E-state index in [-0.39, 0.29) is 35.3 Å². The highest BCUT2D eigenvalue weighted by atomic mass is 19.1. The molecule has 1 unspecified atom stereocenters. The molecule has 2 heterocycles. The number of H-pyrrole nitrogens is 1. The van der Waals surface area contributed by atoms with E-state index < -0.39 is 0 Å². The minimum absolute atomic E-state index is 0.0528. The van der Waals surface area contributed by atoms with Crippen molar-refractivity contribution in [2.45, 2.75) is 31.8 Å². The number of hydrogen-bond acceptors (Lipinski definition) is 3. The maximum absolute atomic E-state index is 13.4. The van der Waals surface area contributed by atoms with Crippen molar-refractivity contribution >= 4 is 16.9 Å². The van der Waals surface area contributed by atoms with Gasteiger partial charge in [-0.25, -0.2) is 13.6 Å². The number of fused-ring (bicyclic) bond motifs is 1. The quantitative estimate of drug-likeness (QED) is 0.674. The van der Waals surface area contributed by atoms with Gasteiger partial charge in [0.15, 0.2) is 0 Å². The molecule has 1 aliphatic rings. The Morgan fingerprint density at radius 1 is 1.13 bits per heavy atom. The number of carbonyl (C=O) groups excluding carboxylic acids is 1. The number of amides is 1. The van der Waals surface area contributed by atoms with Crippen molar-refractivity contribution in [1.29, 1.82) is 0 Å². The summed E-state index contributed by atoms with van der Waals surface area (Å²) in [4.78, 5) is 29.7. The van der Waals surface area contributed by atoms with Crippen LogP contribution in [0.3, 0.4) is 0 Å². The average Bonchev–Trinajstić information content (AvgIpc) is 3.03. The number of aromatic amines is 1. The van der Waals surface area contributed by atoms with Gasteiger partial charge in [0.05, 0.1) is 11.0 Å². The minimum Gasteiger partial charge on any atom is -0.348 e. The van der Waals surface area contributed by atoms with Crippen LogP contribution in [-0.2, 0) is 0 Å². The molecule has 1 saturated heterocycles. The van der Waals surface area contributed by atoms with Crippen molar-refractivity contribution in [3.05, 3.63) is 70.1 Å². The Hall–Kier alpha value is -3.00. The van der Waals surface area contributed by atoms with Gasteiger partial charge in [0.25, 0.3) is 5.91 Å². The van der Waals surface area contributed by atoms with E-state index in [1.165, 1.54) is 36.4 Å². The van der Waals surface area contributed by atoms with Gasteiger partial charge in [0.2, 0.25) is 0 Å². The molecular formula is C22H24F2N4O2. The summed E-state index contributed by atoms with van der Waals surface area (Å²) in [6.07, 6.45) is 1.59. The molecule has 4 rings (SSSR count). The zero-order valence-electron chi connectivity index (χ0n) is 16.7. The lowest BCUT2D eigenvalue weighted by Crippen LogP contribution is -2.45. The van der Waals surface area contributed by atoms with Crippen LogP contribution in [0.4, 0.5) is 8.78 Å². The second-order valence-electron chi connectivity index (χ2n) is 7.87. The van der Waals surface area contributed by atoms with Crippen LogP contribution < -0.4 is 11.0 Å². The second-order valence-corrected chi connectivity index (χ2v) is 7.87. The summed E-state index contributed by atoms with van der Waals surface area (Å²) in [5.41, 5.74) is 1.45. The molecule has 1 aliphatic heterocycles. The molecule has 0 radical (unpaired) electrons. The highest BCUT2D eigenvalue weighted by Gasteiger charge is 2.25. The normalized spacial score (nSPS) is 16.6. The van der Waals surface area contributed by atoms with Gasteiger partial charge >= 0.3 is 5.69 Å². The van der Waals surface area contributed by atoms with E-state index in [2.05, 4.69) is 15.2 Å². The molecule has 3 aromatic rings. The van der Waals surface area contributed by atoms with E-state index in [4.69, 9.17) is 0 Å². The molecule has 1 atom stereocenters. The van der Waals surface area contributed by atoms with Crippen LogP contribution in [0.25, 0.3) is 11.0 Å². The van der Waals surface area contributed by atoms with E-state index in [9.17, 15) is 18.4 Å². The van der Waals surface area contributed by atoms with Crippen LogP contribution in [-0.4, -0.2) is 46.0 Å². The Morgan fingerprint density at radius 2 is 1.80 bits per heavy atom. The molecule has 2 N–H and O–H groups in total. The summed E-state index contributed by atoms with van der Waals surface area (Å²) in [6.45, 7) is 4.21. The van der Waals surface area contributed by atoms with Crippen molar-refractivity contribution < 1.29 is 13.6 Å². The van der Waals surface area contributed by atoms with Gasteiger partial charge < -0.3 is 15.2 Å². The molecule has 0 spiro atoms. The van der Waals surface area contributed by atoms with E-state index in [1.807, 2.05) is 6.92 Å². The Labute approximate surface area is 172 Å². The fraction of sp³-hybridized carbons (Fsp3) is 0.364. The van der Waals surface area contributed by atoms with Crippen molar-refractivity contribution in [3.8, 4) is 0 Å². The second kappa shape index (κ2) is 8.39. The van der Waals surface area contributed by atoms with Crippen LogP contribution in [0.2, 0.25) is 0 Å². The van der Waals surface area contributed by atoms with Gasteiger partial charge in [0.1, 0.15) is 11.6 Å². The van der Waals surface area contributed by atoms with Crippen LogP contribution >= 0.6 is 0 Å². The van der Waals surface area contributed by atoms with Gasteiger partial charge in [-0.15, -0.1) is 0 Å². The number of hydrogen-bond donors (Lipinski definition) is 2. The molecule has 6 nitrogen and oxygen atoms in total. The van der Waals surface area contributed by atoms with Crippen molar-refractivity contribution in [3.63, 3.8) is 0 Å². The van der Waals surface area contributed by atoms with Crippen LogP contribution in [0.15, 0.2) is 47.3 Å². The summed E-state index contributed by atoms with van der Waals surface area (Å²) in [6, 6.07) is 9.80. The summed E-state index contributed by atoms with van der Waals surface area (Å²) in [7, 11) is 0. The number of imidazole rings is 1. The lowest BCUT2D eigenvalue weighted by molar-refractivity contribution is 0.0921. The minimum atomic E-state index is -0.373. The fourth-order valence-corrected chi connectivity index (χ4v) is 4.17. The maximum Gasteiger partial charge on any atom is 0.326 e. The maximum atomic E-state index is 13.4. The highest BCUT2D eigenvalue weighted by molar-refractivity contribution is 5.94. The Balaban J connectivity index is 1.34. The molecular weight excluding hydrogens is 390 g/mol. The molecule has 2 aromatic carbocycles. The first kappa shape index (κ1) is 20.3. The van der Waals surface area contributed by atoms with Gasteiger partial charge in [-0.1, -0.05) is 0 Å². The number of aromatic nitrogens is 2. The van der Waals surface area contributed by atoms with Crippen molar-refractivity contribution in [2.24, 2.45) is 0 Å². The molecule has 8 heteroatoms. The standard InChI is InChI=1S/C22H24F2N4O2/c1-14(25-21(29)15-2-4-16(23)5-3-15)13-27-10-8-18(9-11-27)28-20-7-6-17(24)12-19(20)26-22(28)30/h2-7,12,14,18H,8-11,13H2,1H3,(H,25,29)(H,26,30). The van der Waals surface area contributed by atoms with Gasteiger partial charge in [-0.3, -0.25) is 9.36 Å². The first-order chi connectivity index (χ1) is 14.4. The number of benzene rings is 2. The molecule has 1 amide bonds. The van der Waals surface area contributed by atoms with E-state index in [0.29, 0.717) is 17.6 Å². The molecule has 0 aliphatic carbocycles. The zero-order valence-corrected chi connectivity index (χ0v) is 16.7. The topological polar surface area (TPSA) is 70.1 Å². The smallest absolute Gasteiger partial charge is 0.326 e.